The molecule has 0 fully saturated rings. The van der Waals surface area contributed by atoms with Crippen molar-refractivity contribution in [3.05, 3.63) is 16.1 Å². The molecule has 1 atom stereocenters. The Morgan fingerprint density at radius 2 is 2.64 bits per heavy atom. The zero-order chi connectivity index (χ0) is 8.27. The van der Waals surface area contributed by atoms with E-state index >= 15 is 0 Å². The lowest BCUT2D eigenvalue weighted by Crippen LogP contribution is -2.26. The molecule has 0 amide bonds. The Labute approximate surface area is 69.6 Å². The highest BCUT2D eigenvalue weighted by Crippen LogP contribution is 2.18. The Bertz CT molecular complexity index is 273. The molecule has 11 heavy (non-hydrogen) atoms. The zero-order valence-corrected chi connectivity index (χ0v) is 6.98. The van der Waals surface area contributed by atoms with Gasteiger partial charge in [0, 0.05) is 6.20 Å². The molecule has 1 aromatic rings. The summed E-state index contributed by atoms with van der Waals surface area (Å²) in [7, 11) is 0. The van der Waals surface area contributed by atoms with E-state index in [1.807, 2.05) is 6.92 Å². The van der Waals surface area contributed by atoms with E-state index in [0.29, 0.717) is 0 Å². The van der Waals surface area contributed by atoms with Crippen molar-refractivity contribution in [2.45, 2.75) is 13.0 Å². The Hall–Kier alpha value is -0.890. The molecule has 3 nitrogen and oxygen atoms in total. The molecule has 0 aliphatic rings. The Balaban J connectivity index is 2.84. The number of nitrogens with one attached hydrogen (secondary N) is 1. The van der Waals surface area contributed by atoms with Gasteiger partial charge in [-0.25, -0.2) is 10.4 Å². The van der Waals surface area contributed by atoms with Crippen LogP contribution in [0.25, 0.3) is 0 Å². The minimum Gasteiger partial charge on any atom is -0.270 e. The molecule has 4 heteroatoms. The van der Waals surface area contributed by atoms with Crippen molar-refractivity contribution in [3.8, 4) is 12.3 Å². The lowest BCUT2D eigenvalue weighted by Gasteiger charge is -2.03. The fourth-order valence-electron chi connectivity index (χ4n) is 0.724. The van der Waals surface area contributed by atoms with E-state index in [-0.39, 0.29) is 6.04 Å². The summed E-state index contributed by atoms with van der Waals surface area (Å²) in [6, 6.07) is -0.207. The number of rotatable bonds is 2. The van der Waals surface area contributed by atoms with Crippen molar-refractivity contribution in [1.29, 1.82) is 0 Å². The maximum atomic E-state index is 5.21. The van der Waals surface area contributed by atoms with E-state index in [0.717, 1.165) is 9.88 Å². The molecule has 1 heterocycles. The fourth-order valence-corrected chi connectivity index (χ4v) is 1.53. The van der Waals surface area contributed by atoms with Gasteiger partial charge in [-0.05, 0) is 6.92 Å². The van der Waals surface area contributed by atoms with Gasteiger partial charge in [-0.3, -0.25) is 5.84 Å². The van der Waals surface area contributed by atoms with Crippen molar-refractivity contribution in [1.82, 2.24) is 10.4 Å². The summed E-state index contributed by atoms with van der Waals surface area (Å²) in [5.41, 5.74) is 2.52. The molecule has 0 spiro atoms. The lowest BCUT2D eigenvalue weighted by molar-refractivity contribution is 0.682. The quantitative estimate of drug-likeness (QED) is 0.385. The second-order valence-corrected chi connectivity index (χ2v) is 3.31. The van der Waals surface area contributed by atoms with Gasteiger partial charge in [0.2, 0.25) is 0 Å². The van der Waals surface area contributed by atoms with Crippen molar-refractivity contribution in [3.63, 3.8) is 0 Å². The number of aromatic nitrogens is 1. The first-order valence-electron chi connectivity index (χ1n) is 3.12. The maximum absolute atomic E-state index is 5.21. The largest absolute Gasteiger partial charge is 0.270 e. The van der Waals surface area contributed by atoms with Gasteiger partial charge in [0.25, 0.3) is 0 Å². The van der Waals surface area contributed by atoms with Crippen LogP contribution in [0.1, 0.15) is 15.9 Å². The Morgan fingerprint density at radius 3 is 3.00 bits per heavy atom. The molecule has 1 rings (SSSR count). The van der Waals surface area contributed by atoms with Gasteiger partial charge in [0.15, 0.2) is 0 Å². The number of hydrogen-bond acceptors (Lipinski definition) is 4. The lowest BCUT2D eigenvalue weighted by atomic mass is 10.3. The first-order chi connectivity index (χ1) is 5.27. The highest BCUT2D eigenvalue weighted by molar-refractivity contribution is 7.11. The molecular weight excluding hydrogens is 158 g/mol. The van der Waals surface area contributed by atoms with Gasteiger partial charge in [0.1, 0.15) is 6.04 Å². The van der Waals surface area contributed by atoms with Gasteiger partial charge in [0.05, 0.1) is 9.88 Å². The predicted molar refractivity (Wildman–Crippen MR) is 45.7 cm³/mol. The van der Waals surface area contributed by atoms with E-state index < -0.39 is 0 Å². The van der Waals surface area contributed by atoms with Crippen LogP contribution in [0.15, 0.2) is 6.20 Å². The second kappa shape index (κ2) is 3.49. The number of hydrogen-bond donors (Lipinski definition) is 2. The number of terminal acetylenes is 1. The smallest absolute Gasteiger partial charge is 0.117 e. The molecule has 0 saturated carbocycles. The third-order valence-corrected chi connectivity index (χ3v) is 2.23. The van der Waals surface area contributed by atoms with Gasteiger partial charge >= 0.3 is 0 Å². The van der Waals surface area contributed by atoms with Crippen molar-refractivity contribution in [2.75, 3.05) is 0 Å². The fraction of sp³-hybridized carbons (Fsp3) is 0.286. The van der Waals surface area contributed by atoms with Gasteiger partial charge in [-0.15, -0.1) is 17.8 Å². The normalized spacial score (nSPS) is 12.5. The molecule has 1 aromatic heterocycles. The molecule has 0 saturated heterocycles. The molecule has 0 aliphatic heterocycles. The monoisotopic (exact) mass is 167 g/mol. The van der Waals surface area contributed by atoms with E-state index in [4.69, 9.17) is 12.3 Å². The van der Waals surface area contributed by atoms with Gasteiger partial charge < -0.3 is 0 Å². The molecule has 1 unspecified atom stereocenters. The topological polar surface area (TPSA) is 50.9 Å². The Kier molecular flexibility index (Phi) is 2.60. The predicted octanol–water partition coefficient (Wildman–Crippen LogP) is 0.589. The van der Waals surface area contributed by atoms with Crippen LogP contribution in [-0.2, 0) is 0 Å². The van der Waals surface area contributed by atoms with Crippen LogP contribution in [-0.4, -0.2) is 4.98 Å². The Morgan fingerprint density at radius 1 is 1.91 bits per heavy atom. The molecule has 0 bridgehead atoms. The third-order valence-electron chi connectivity index (χ3n) is 1.26. The summed E-state index contributed by atoms with van der Waals surface area (Å²) in [6.07, 6.45) is 6.95. The first-order valence-corrected chi connectivity index (χ1v) is 3.94. The standard InChI is InChI=1S/C7H9N3S/c1-3-6(10-8)7-4-9-5(2)11-7/h1,4,6,10H,8H2,2H3. The van der Waals surface area contributed by atoms with Crippen LogP contribution >= 0.6 is 11.3 Å². The molecule has 0 aromatic carbocycles. The average Bonchev–Trinajstić information content (AvgIpc) is 2.39. The average molecular weight is 167 g/mol. The van der Waals surface area contributed by atoms with Crippen LogP contribution in [0.5, 0.6) is 0 Å². The summed E-state index contributed by atoms with van der Waals surface area (Å²) in [5, 5.41) is 0.996. The number of thiazole rings is 1. The number of nitrogens with zero attached hydrogens (tertiary/aromatic N) is 1. The highest BCUT2D eigenvalue weighted by atomic mass is 32.1. The second-order valence-electron chi connectivity index (χ2n) is 2.05. The van der Waals surface area contributed by atoms with Gasteiger partial charge in [-0.2, -0.15) is 0 Å². The summed E-state index contributed by atoms with van der Waals surface area (Å²) in [4.78, 5) is 5.04. The van der Waals surface area contributed by atoms with Crippen molar-refractivity contribution >= 4 is 11.3 Å². The molecule has 3 N–H and O–H groups in total. The van der Waals surface area contributed by atoms with E-state index in [1.54, 1.807) is 17.5 Å². The third kappa shape index (κ3) is 1.77. The summed E-state index contributed by atoms with van der Waals surface area (Å²) < 4.78 is 0. The maximum Gasteiger partial charge on any atom is 0.117 e. The number of aryl methyl sites for hydroxylation is 1. The minimum absolute atomic E-state index is 0.207. The zero-order valence-electron chi connectivity index (χ0n) is 6.16. The molecule has 0 radical (unpaired) electrons. The van der Waals surface area contributed by atoms with E-state index in [1.165, 1.54) is 0 Å². The van der Waals surface area contributed by atoms with Crippen molar-refractivity contribution < 1.29 is 0 Å². The van der Waals surface area contributed by atoms with Crippen LogP contribution in [0, 0.1) is 19.3 Å². The van der Waals surface area contributed by atoms with E-state index in [2.05, 4.69) is 16.3 Å². The summed E-state index contributed by atoms with van der Waals surface area (Å²) >= 11 is 1.55. The minimum atomic E-state index is -0.207. The molecular formula is C7H9N3S. The van der Waals surface area contributed by atoms with Crippen LogP contribution in [0.2, 0.25) is 0 Å². The SMILES string of the molecule is C#CC(NN)c1cnc(C)s1. The van der Waals surface area contributed by atoms with Crippen LogP contribution < -0.4 is 11.3 Å². The molecule has 58 valence electrons. The van der Waals surface area contributed by atoms with Gasteiger partial charge in [-0.1, -0.05) is 5.92 Å². The number of nitrogens with two attached hydrogens (primary N) is 1. The first kappa shape index (κ1) is 8.21. The summed E-state index contributed by atoms with van der Waals surface area (Å²) in [5.74, 6) is 7.73. The van der Waals surface area contributed by atoms with Crippen molar-refractivity contribution in [2.24, 2.45) is 5.84 Å². The number of hydrazine groups is 1. The van der Waals surface area contributed by atoms with Crippen LogP contribution in [0.4, 0.5) is 0 Å². The summed E-state index contributed by atoms with van der Waals surface area (Å²) in [6.45, 7) is 1.93. The van der Waals surface area contributed by atoms with Crippen LogP contribution in [0.3, 0.4) is 0 Å². The highest BCUT2D eigenvalue weighted by Gasteiger charge is 2.07. The molecule has 0 aliphatic carbocycles. The van der Waals surface area contributed by atoms with E-state index in [9.17, 15) is 0 Å².